The molecule has 3 nitrogen and oxygen atoms in total. The number of ether oxygens (including phenoxy) is 1. The van der Waals surface area contributed by atoms with Crippen molar-refractivity contribution in [1.29, 1.82) is 0 Å². The SMILES string of the molecule is COCCC[n+]1c(C)n(C)c2cc(Cl)ccc21.[I-]. The number of methoxy groups -OCH3 is 1. The molecule has 5 heteroatoms. The van der Waals surface area contributed by atoms with Gasteiger partial charge in [0, 0.05) is 38.2 Å². The molecule has 18 heavy (non-hydrogen) atoms. The maximum Gasteiger partial charge on any atom is 0.253 e. The predicted octanol–water partition coefficient (Wildman–Crippen LogP) is -0.532. The molecule has 0 radical (unpaired) electrons. The molecule has 100 valence electrons. The standard InChI is InChI=1S/C13H18ClN2O.HI/c1-10-15(2)13-9-11(14)5-6-12(13)16(10)7-4-8-17-3;/h5-6,9H,4,7-8H2,1-3H3;1H/q+1;/p-1. The van der Waals surface area contributed by atoms with E-state index in [0.717, 1.165) is 24.6 Å². The minimum absolute atomic E-state index is 0. The Morgan fingerprint density at radius 3 is 2.78 bits per heavy atom. The summed E-state index contributed by atoms with van der Waals surface area (Å²) in [6, 6.07) is 6.03. The normalized spacial score (nSPS) is 10.7. The van der Waals surface area contributed by atoms with E-state index in [9.17, 15) is 0 Å². The van der Waals surface area contributed by atoms with Gasteiger partial charge < -0.3 is 28.7 Å². The van der Waals surface area contributed by atoms with Crippen LogP contribution in [0, 0.1) is 6.92 Å². The molecule has 0 amide bonds. The number of rotatable bonds is 4. The number of nitrogens with zero attached hydrogens (tertiary/aromatic N) is 2. The first kappa shape index (κ1) is 15.7. The average Bonchev–Trinajstić information content (AvgIpc) is 2.54. The minimum Gasteiger partial charge on any atom is -1.00 e. The lowest BCUT2D eigenvalue weighted by atomic mass is 10.3. The highest BCUT2D eigenvalue weighted by Crippen LogP contribution is 2.18. The topological polar surface area (TPSA) is 18.0 Å². The summed E-state index contributed by atoms with van der Waals surface area (Å²) in [5.41, 5.74) is 2.40. The smallest absolute Gasteiger partial charge is 0.253 e. The molecule has 0 saturated carbocycles. The Bertz CT molecular complexity index is 539. The Morgan fingerprint density at radius 2 is 2.11 bits per heavy atom. The van der Waals surface area contributed by atoms with Gasteiger partial charge in [0.1, 0.15) is 0 Å². The van der Waals surface area contributed by atoms with Gasteiger partial charge in [-0.25, -0.2) is 9.13 Å². The molecule has 0 aliphatic heterocycles. The van der Waals surface area contributed by atoms with Crippen LogP contribution in [-0.4, -0.2) is 18.3 Å². The monoisotopic (exact) mass is 380 g/mol. The summed E-state index contributed by atoms with van der Waals surface area (Å²) < 4.78 is 9.58. The van der Waals surface area contributed by atoms with E-state index in [0.29, 0.717) is 0 Å². The zero-order chi connectivity index (χ0) is 12.4. The molecular weight excluding hydrogens is 363 g/mol. The van der Waals surface area contributed by atoms with Crippen molar-refractivity contribution in [3.8, 4) is 0 Å². The Labute approximate surface area is 130 Å². The fourth-order valence-corrected chi connectivity index (χ4v) is 2.34. The second kappa shape index (κ2) is 6.73. The van der Waals surface area contributed by atoms with Crippen LogP contribution in [0.5, 0.6) is 0 Å². The lowest BCUT2D eigenvalue weighted by molar-refractivity contribution is -0.679. The third-order valence-electron chi connectivity index (χ3n) is 3.20. The Balaban J connectivity index is 0.00000162. The maximum absolute atomic E-state index is 6.04. The van der Waals surface area contributed by atoms with Gasteiger partial charge in [-0.3, -0.25) is 0 Å². The molecule has 1 heterocycles. The van der Waals surface area contributed by atoms with Crippen LogP contribution in [-0.2, 0) is 18.3 Å². The number of halogens is 2. The molecule has 0 saturated heterocycles. The van der Waals surface area contributed by atoms with Crippen LogP contribution in [0.15, 0.2) is 18.2 Å². The van der Waals surface area contributed by atoms with Crippen LogP contribution in [0.25, 0.3) is 11.0 Å². The Hall–Kier alpha value is -0.330. The van der Waals surface area contributed by atoms with Gasteiger partial charge in [0.05, 0.1) is 13.6 Å². The van der Waals surface area contributed by atoms with Crippen molar-refractivity contribution >= 4 is 22.6 Å². The van der Waals surface area contributed by atoms with Crippen molar-refractivity contribution < 1.29 is 33.3 Å². The molecular formula is C13H18ClIN2O. The Morgan fingerprint density at radius 1 is 1.39 bits per heavy atom. The Kier molecular flexibility index (Phi) is 5.88. The summed E-state index contributed by atoms with van der Waals surface area (Å²) in [7, 11) is 3.81. The summed E-state index contributed by atoms with van der Waals surface area (Å²) in [6.45, 7) is 3.88. The molecule has 0 atom stereocenters. The van der Waals surface area contributed by atoms with E-state index < -0.39 is 0 Å². The summed E-state index contributed by atoms with van der Waals surface area (Å²) in [5, 5.41) is 0.780. The van der Waals surface area contributed by atoms with Gasteiger partial charge in [-0.15, -0.1) is 0 Å². The molecule has 0 fully saturated rings. The van der Waals surface area contributed by atoms with Crippen LogP contribution in [0.2, 0.25) is 5.02 Å². The molecule has 2 rings (SSSR count). The van der Waals surface area contributed by atoms with Gasteiger partial charge in [0.15, 0.2) is 11.0 Å². The van der Waals surface area contributed by atoms with Crippen LogP contribution < -0.4 is 28.5 Å². The number of hydrogen-bond donors (Lipinski definition) is 0. The zero-order valence-corrected chi connectivity index (χ0v) is 13.8. The first-order chi connectivity index (χ1) is 8.15. The lowest BCUT2D eigenvalue weighted by Crippen LogP contribution is -3.00. The highest BCUT2D eigenvalue weighted by atomic mass is 127. The first-order valence-corrected chi connectivity index (χ1v) is 6.16. The maximum atomic E-state index is 6.04. The zero-order valence-electron chi connectivity index (χ0n) is 10.9. The lowest BCUT2D eigenvalue weighted by Gasteiger charge is -1.99. The van der Waals surface area contributed by atoms with E-state index in [-0.39, 0.29) is 24.0 Å². The number of hydrogen-bond acceptors (Lipinski definition) is 1. The van der Waals surface area contributed by atoms with Gasteiger partial charge in [0.25, 0.3) is 5.82 Å². The van der Waals surface area contributed by atoms with Gasteiger partial charge in [-0.2, -0.15) is 0 Å². The minimum atomic E-state index is 0. The van der Waals surface area contributed by atoms with Gasteiger partial charge >= 0.3 is 0 Å². The molecule has 0 spiro atoms. The largest absolute Gasteiger partial charge is 1.00 e. The predicted molar refractivity (Wildman–Crippen MR) is 69.4 cm³/mol. The van der Waals surface area contributed by atoms with E-state index in [1.165, 1.54) is 16.9 Å². The third-order valence-corrected chi connectivity index (χ3v) is 3.43. The van der Waals surface area contributed by atoms with E-state index >= 15 is 0 Å². The number of imidazole rings is 1. The molecule has 1 aromatic heterocycles. The number of fused-ring (bicyclic) bond motifs is 1. The van der Waals surface area contributed by atoms with Crippen molar-refractivity contribution in [3.05, 3.63) is 29.0 Å². The molecule has 0 unspecified atom stereocenters. The van der Waals surface area contributed by atoms with E-state index in [2.05, 4.69) is 29.2 Å². The van der Waals surface area contributed by atoms with E-state index in [1.807, 2.05) is 12.1 Å². The first-order valence-electron chi connectivity index (χ1n) is 5.78. The van der Waals surface area contributed by atoms with Crippen LogP contribution in [0.1, 0.15) is 12.2 Å². The second-order valence-corrected chi connectivity index (χ2v) is 4.67. The third kappa shape index (κ3) is 2.97. The highest BCUT2D eigenvalue weighted by molar-refractivity contribution is 6.31. The highest BCUT2D eigenvalue weighted by Gasteiger charge is 2.18. The van der Waals surface area contributed by atoms with Gasteiger partial charge in [-0.05, 0) is 12.1 Å². The molecule has 0 aliphatic carbocycles. The summed E-state index contributed by atoms with van der Waals surface area (Å²) in [6.07, 6.45) is 1.02. The van der Waals surface area contributed by atoms with Crippen molar-refractivity contribution in [3.63, 3.8) is 0 Å². The van der Waals surface area contributed by atoms with Crippen molar-refractivity contribution in [1.82, 2.24) is 4.57 Å². The number of benzene rings is 1. The van der Waals surface area contributed by atoms with E-state index in [4.69, 9.17) is 16.3 Å². The summed E-state index contributed by atoms with van der Waals surface area (Å²) in [5.74, 6) is 1.23. The fourth-order valence-electron chi connectivity index (χ4n) is 2.17. The van der Waals surface area contributed by atoms with Gasteiger partial charge in [-0.1, -0.05) is 11.6 Å². The molecule has 1 aromatic carbocycles. The van der Waals surface area contributed by atoms with Crippen LogP contribution in [0.4, 0.5) is 0 Å². The van der Waals surface area contributed by atoms with Gasteiger partial charge in [0.2, 0.25) is 0 Å². The summed E-state index contributed by atoms with van der Waals surface area (Å²) in [4.78, 5) is 0. The van der Waals surface area contributed by atoms with Crippen LogP contribution >= 0.6 is 11.6 Å². The average molecular weight is 381 g/mol. The second-order valence-electron chi connectivity index (χ2n) is 4.24. The van der Waals surface area contributed by atoms with E-state index in [1.54, 1.807) is 7.11 Å². The molecule has 0 bridgehead atoms. The fraction of sp³-hybridized carbons (Fsp3) is 0.462. The quantitative estimate of drug-likeness (QED) is 0.396. The van der Waals surface area contributed by atoms with Crippen molar-refractivity contribution in [2.45, 2.75) is 19.9 Å². The van der Waals surface area contributed by atoms with Crippen molar-refractivity contribution in [2.24, 2.45) is 7.05 Å². The number of aromatic nitrogens is 2. The molecule has 2 aromatic rings. The molecule has 0 N–H and O–H groups in total. The number of aryl methyl sites for hydroxylation is 2. The summed E-state index contributed by atoms with van der Waals surface area (Å²) >= 11 is 6.04. The molecule has 0 aliphatic rings. The van der Waals surface area contributed by atoms with Crippen molar-refractivity contribution in [2.75, 3.05) is 13.7 Å². The van der Waals surface area contributed by atoms with Crippen LogP contribution in [0.3, 0.4) is 0 Å².